The fourth-order valence-corrected chi connectivity index (χ4v) is 2.62. The molecule has 22 heavy (non-hydrogen) atoms. The number of nitrogens with one attached hydrogen (secondary N) is 1. The summed E-state index contributed by atoms with van der Waals surface area (Å²) in [5.41, 5.74) is 3.75. The highest BCUT2D eigenvalue weighted by molar-refractivity contribution is 5.22. The predicted molar refractivity (Wildman–Crippen MR) is 87.3 cm³/mol. The minimum absolute atomic E-state index is 0.802. The number of hydrogen-bond donors (Lipinski definition) is 1. The van der Waals surface area contributed by atoms with Crippen molar-refractivity contribution in [2.24, 2.45) is 0 Å². The molecule has 116 valence electrons. The second-order valence-corrected chi connectivity index (χ2v) is 5.63. The Morgan fingerprint density at radius 3 is 2.45 bits per heavy atom. The van der Waals surface area contributed by atoms with Crippen LogP contribution in [0, 0.1) is 0 Å². The maximum Gasteiger partial charge on any atom is 0.0594 e. The zero-order chi connectivity index (χ0) is 15.0. The number of hydrogen-bond acceptors (Lipinski definition) is 4. The van der Waals surface area contributed by atoms with Crippen LogP contribution in [0.4, 0.5) is 0 Å². The molecule has 0 unspecified atom stereocenters. The second kappa shape index (κ2) is 8.03. The lowest BCUT2D eigenvalue weighted by Crippen LogP contribution is -2.35. The molecule has 0 atom stereocenters. The van der Waals surface area contributed by atoms with Crippen molar-refractivity contribution >= 4 is 0 Å². The van der Waals surface area contributed by atoms with Crippen LogP contribution in [0.1, 0.15) is 16.8 Å². The molecule has 2 aromatic rings. The summed E-state index contributed by atoms with van der Waals surface area (Å²) < 4.78 is 5.38. The van der Waals surface area contributed by atoms with Gasteiger partial charge in [-0.05, 0) is 23.3 Å². The van der Waals surface area contributed by atoms with Crippen molar-refractivity contribution in [3.63, 3.8) is 0 Å². The summed E-state index contributed by atoms with van der Waals surface area (Å²) in [6, 6.07) is 14.9. The molecule has 4 heteroatoms. The van der Waals surface area contributed by atoms with E-state index >= 15 is 0 Å². The van der Waals surface area contributed by atoms with Crippen LogP contribution in [0.5, 0.6) is 0 Å². The average Bonchev–Trinajstić information content (AvgIpc) is 2.58. The molecule has 0 aliphatic carbocycles. The second-order valence-electron chi connectivity index (χ2n) is 5.63. The van der Waals surface area contributed by atoms with Crippen LogP contribution in [0.3, 0.4) is 0 Å². The largest absolute Gasteiger partial charge is 0.379 e. The number of aromatic nitrogens is 1. The highest BCUT2D eigenvalue weighted by atomic mass is 16.5. The highest BCUT2D eigenvalue weighted by Crippen LogP contribution is 2.09. The standard InChI is InChI=1S/C18H23N3O/c1-2-8-20-18(3-1)14-19-13-16-4-6-17(7-5-16)15-21-9-11-22-12-10-21/h1-8,19H,9-15H2. The van der Waals surface area contributed by atoms with Gasteiger partial charge in [0.2, 0.25) is 0 Å². The molecule has 0 amide bonds. The minimum atomic E-state index is 0.802. The Bertz CT molecular complexity index is 550. The Hall–Kier alpha value is -1.75. The monoisotopic (exact) mass is 297 g/mol. The van der Waals surface area contributed by atoms with E-state index in [0.29, 0.717) is 0 Å². The van der Waals surface area contributed by atoms with E-state index in [1.807, 2.05) is 24.4 Å². The van der Waals surface area contributed by atoms with E-state index in [2.05, 4.69) is 39.5 Å². The fraction of sp³-hybridized carbons (Fsp3) is 0.389. The van der Waals surface area contributed by atoms with Gasteiger partial charge in [-0.1, -0.05) is 30.3 Å². The van der Waals surface area contributed by atoms with Gasteiger partial charge < -0.3 is 10.1 Å². The van der Waals surface area contributed by atoms with Crippen molar-refractivity contribution in [1.29, 1.82) is 0 Å². The molecule has 2 heterocycles. The fourth-order valence-electron chi connectivity index (χ4n) is 2.62. The third kappa shape index (κ3) is 4.63. The van der Waals surface area contributed by atoms with Crippen molar-refractivity contribution in [3.05, 3.63) is 65.5 Å². The van der Waals surface area contributed by atoms with Crippen molar-refractivity contribution in [2.75, 3.05) is 26.3 Å². The van der Waals surface area contributed by atoms with Gasteiger partial charge in [-0.25, -0.2) is 0 Å². The van der Waals surface area contributed by atoms with Crippen LogP contribution in [0.25, 0.3) is 0 Å². The first kappa shape index (κ1) is 15.2. The SMILES string of the molecule is c1ccc(CNCc2ccc(CN3CCOCC3)cc2)nc1. The molecule has 1 saturated heterocycles. The number of ether oxygens (including phenoxy) is 1. The van der Waals surface area contributed by atoms with Gasteiger partial charge in [0.05, 0.1) is 18.9 Å². The van der Waals surface area contributed by atoms with Gasteiger partial charge in [-0.15, -0.1) is 0 Å². The maximum atomic E-state index is 5.38. The maximum absolute atomic E-state index is 5.38. The summed E-state index contributed by atoms with van der Waals surface area (Å²) in [6.45, 7) is 6.47. The Morgan fingerprint density at radius 2 is 1.73 bits per heavy atom. The molecule has 3 rings (SSSR count). The van der Waals surface area contributed by atoms with E-state index in [1.165, 1.54) is 11.1 Å². The quantitative estimate of drug-likeness (QED) is 0.887. The molecule has 0 saturated carbocycles. The summed E-state index contributed by atoms with van der Waals surface area (Å²) >= 11 is 0. The Kier molecular flexibility index (Phi) is 5.54. The summed E-state index contributed by atoms with van der Waals surface area (Å²) in [7, 11) is 0. The summed E-state index contributed by atoms with van der Waals surface area (Å²) in [5, 5.41) is 3.43. The lowest BCUT2D eigenvalue weighted by Gasteiger charge is -2.26. The lowest BCUT2D eigenvalue weighted by molar-refractivity contribution is 0.0342. The predicted octanol–water partition coefficient (Wildman–Crippen LogP) is 2.20. The summed E-state index contributed by atoms with van der Waals surface area (Å²) in [5.74, 6) is 0. The number of benzene rings is 1. The molecule has 1 N–H and O–H groups in total. The first-order valence-electron chi connectivity index (χ1n) is 7.89. The summed E-state index contributed by atoms with van der Waals surface area (Å²) in [6.07, 6.45) is 1.83. The van der Waals surface area contributed by atoms with Gasteiger partial charge in [-0.3, -0.25) is 9.88 Å². The van der Waals surface area contributed by atoms with E-state index in [9.17, 15) is 0 Å². The van der Waals surface area contributed by atoms with Gasteiger partial charge in [0.15, 0.2) is 0 Å². The van der Waals surface area contributed by atoms with E-state index in [0.717, 1.165) is 51.6 Å². The van der Waals surface area contributed by atoms with Gasteiger partial charge in [-0.2, -0.15) is 0 Å². The number of morpholine rings is 1. The van der Waals surface area contributed by atoms with Crippen molar-refractivity contribution in [2.45, 2.75) is 19.6 Å². The minimum Gasteiger partial charge on any atom is -0.379 e. The topological polar surface area (TPSA) is 37.4 Å². The Labute approximate surface area is 132 Å². The van der Waals surface area contributed by atoms with Gasteiger partial charge >= 0.3 is 0 Å². The third-order valence-corrected chi connectivity index (χ3v) is 3.89. The van der Waals surface area contributed by atoms with Gasteiger partial charge in [0.1, 0.15) is 0 Å². The van der Waals surface area contributed by atoms with E-state index in [4.69, 9.17) is 4.74 Å². The summed E-state index contributed by atoms with van der Waals surface area (Å²) in [4.78, 5) is 6.75. The average molecular weight is 297 g/mol. The molecule has 4 nitrogen and oxygen atoms in total. The molecule has 1 aliphatic rings. The van der Waals surface area contributed by atoms with Crippen LogP contribution in [-0.4, -0.2) is 36.2 Å². The molecule has 0 radical (unpaired) electrons. The van der Waals surface area contributed by atoms with E-state index in [1.54, 1.807) is 0 Å². The van der Waals surface area contributed by atoms with Crippen LogP contribution < -0.4 is 5.32 Å². The molecule has 1 aromatic heterocycles. The number of rotatable bonds is 6. The Balaban J connectivity index is 1.44. The van der Waals surface area contributed by atoms with Crippen molar-refractivity contribution in [3.8, 4) is 0 Å². The van der Waals surface area contributed by atoms with Crippen LogP contribution in [0.2, 0.25) is 0 Å². The van der Waals surface area contributed by atoms with E-state index < -0.39 is 0 Å². The lowest BCUT2D eigenvalue weighted by atomic mass is 10.1. The third-order valence-electron chi connectivity index (χ3n) is 3.89. The van der Waals surface area contributed by atoms with Crippen LogP contribution in [0.15, 0.2) is 48.7 Å². The normalized spacial score (nSPS) is 15.8. The van der Waals surface area contributed by atoms with Crippen molar-refractivity contribution < 1.29 is 4.74 Å². The van der Waals surface area contributed by atoms with Crippen LogP contribution in [-0.2, 0) is 24.4 Å². The van der Waals surface area contributed by atoms with Crippen molar-refractivity contribution in [1.82, 2.24) is 15.2 Å². The zero-order valence-corrected chi connectivity index (χ0v) is 12.9. The first-order chi connectivity index (χ1) is 10.9. The van der Waals surface area contributed by atoms with Gasteiger partial charge in [0, 0.05) is 38.9 Å². The zero-order valence-electron chi connectivity index (χ0n) is 12.9. The Morgan fingerprint density at radius 1 is 0.955 bits per heavy atom. The smallest absolute Gasteiger partial charge is 0.0594 e. The molecular formula is C18H23N3O. The number of nitrogens with zero attached hydrogens (tertiary/aromatic N) is 2. The van der Waals surface area contributed by atoms with E-state index in [-0.39, 0.29) is 0 Å². The highest BCUT2D eigenvalue weighted by Gasteiger charge is 2.10. The molecular weight excluding hydrogens is 274 g/mol. The van der Waals surface area contributed by atoms with Gasteiger partial charge in [0.25, 0.3) is 0 Å². The number of pyridine rings is 1. The molecule has 1 aliphatic heterocycles. The first-order valence-corrected chi connectivity index (χ1v) is 7.89. The molecule has 0 spiro atoms. The molecule has 1 aromatic carbocycles. The molecule has 0 bridgehead atoms. The van der Waals surface area contributed by atoms with Crippen LogP contribution >= 0.6 is 0 Å². The molecule has 1 fully saturated rings.